The van der Waals surface area contributed by atoms with Crippen LogP contribution in [0.2, 0.25) is 0 Å². The van der Waals surface area contributed by atoms with Crippen molar-refractivity contribution in [3.05, 3.63) is 18.2 Å². The van der Waals surface area contributed by atoms with E-state index in [9.17, 15) is 0 Å². The van der Waals surface area contributed by atoms with Gasteiger partial charge in [-0.1, -0.05) is 13.8 Å². The standard InChI is InChI=1S/C7H12N2/c1-3-6(2)7-8-4-5-9-7/h4-6H,3H2,1-2H3,(H,8,9)/t6-/m0/s1. The zero-order chi connectivity index (χ0) is 6.69. The Kier molecular flexibility index (Phi) is 1.88. The first-order valence-electron chi connectivity index (χ1n) is 3.34. The molecule has 2 heteroatoms. The summed E-state index contributed by atoms with van der Waals surface area (Å²) in [5.41, 5.74) is 0. The molecule has 2 nitrogen and oxygen atoms in total. The highest BCUT2D eigenvalue weighted by atomic mass is 14.9. The summed E-state index contributed by atoms with van der Waals surface area (Å²) in [7, 11) is 0. The van der Waals surface area contributed by atoms with Crippen molar-refractivity contribution in [2.24, 2.45) is 0 Å². The molecule has 1 atom stereocenters. The molecule has 0 aromatic carbocycles. The van der Waals surface area contributed by atoms with Gasteiger partial charge >= 0.3 is 0 Å². The van der Waals surface area contributed by atoms with Crippen LogP contribution in [0.1, 0.15) is 32.0 Å². The van der Waals surface area contributed by atoms with Crippen LogP contribution in [0, 0.1) is 0 Å². The van der Waals surface area contributed by atoms with E-state index in [1.165, 1.54) is 0 Å². The topological polar surface area (TPSA) is 28.7 Å². The molecule has 1 aromatic rings. The number of H-pyrrole nitrogens is 1. The Labute approximate surface area is 55.3 Å². The van der Waals surface area contributed by atoms with Crippen molar-refractivity contribution < 1.29 is 0 Å². The van der Waals surface area contributed by atoms with Crippen molar-refractivity contribution in [1.29, 1.82) is 0 Å². The quantitative estimate of drug-likeness (QED) is 0.641. The Morgan fingerprint density at radius 3 is 3.00 bits per heavy atom. The summed E-state index contributed by atoms with van der Waals surface area (Å²) in [4.78, 5) is 7.21. The third-order valence-corrected chi connectivity index (χ3v) is 1.60. The predicted octanol–water partition coefficient (Wildman–Crippen LogP) is 1.92. The maximum atomic E-state index is 4.13. The molecule has 0 amide bonds. The summed E-state index contributed by atoms with van der Waals surface area (Å²) in [5.74, 6) is 1.66. The van der Waals surface area contributed by atoms with Crippen LogP contribution in [-0.4, -0.2) is 9.97 Å². The van der Waals surface area contributed by atoms with E-state index in [0.717, 1.165) is 12.2 Å². The minimum Gasteiger partial charge on any atom is -0.348 e. The molecule has 0 saturated heterocycles. The molecule has 1 aromatic heterocycles. The second kappa shape index (κ2) is 2.67. The minimum atomic E-state index is 0.569. The van der Waals surface area contributed by atoms with Crippen LogP contribution in [0.15, 0.2) is 12.4 Å². The third-order valence-electron chi connectivity index (χ3n) is 1.60. The molecule has 0 bridgehead atoms. The van der Waals surface area contributed by atoms with Crippen LogP contribution in [0.5, 0.6) is 0 Å². The van der Waals surface area contributed by atoms with Crippen LogP contribution in [0.25, 0.3) is 0 Å². The number of imidazole rings is 1. The minimum absolute atomic E-state index is 0.569. The molecule has 0 fully saturated rings. The smallest absolute Gasteiger partial charge is 0.108 e. The van der Waals surface area contributed by atoms with E-state index >= 15 is 0 Å². The average molecular weight is 124 g/mol. The molecule has 9 heavy (non-hydrogen) atoms. The van der Waals surface area contributed by atoms with Gasteiger partial charge in [-0.3, -0.25) is 0 Å². The van der Waals surface area contributed by atoms with Crippen molar-refractivity contribution in [2.45, 2.75) is 26.2 Å². The zero-order valence-corrected chi connectivity index (χ0v) is 5.89. The highest BCUT2D eigenvalue weighted by Gasteiger charge is 2.02. The van der Waals surface area contributed by atoms with Gasteiger partial charge in [0.25, 0.3) is 0 Å². The first kappa shape index (κ1) is 6.33. The summed E-state index contributed by atoms with van der Waals surface area (Å²) in [6.07, 6.45) is 4.80. The number of rotatable bonds is 2. The third kappa shape index (κ3) is 1.31. The Balaban J connectivity index is 2.65. The van der Waals surface area contributed by atoms with Gasteiger partial charge in [-0.25, -0.2) is 4.98 Å². The Morgan fingerprint density at radius 2 is 2.56 bits per heavy atom. The lowest BCUT2D eigenvalue weighted by Crippen LogP contribution is -1.92. The van der Waals surface area contributed by atoms with Crippen LogP contribution in [0.4, 0.5) is 0 Å². The first-order valence-corrected chi connectivity index (χ1v) is 3.34. The van der Waals surface area contributed by atoms with Gasteiger partial charge in [0.1, 0.15) is 5.82 Å². The largest absolute Gasteiger partial charge is 0.348 e. The number of aromatic nitrogens is 2. The second-order valence-corrected chi connectivity index (χ2v) is 2.28. The van der Waals surface area contributed by atoms with Crippen LogP contribution in [0.3, 0.4) is 0 Å². The van der Waals surface area contributed by atoms with Crippen LogP contribution >= 0.6 is 0 Å². The fourth-order valence-electron chi connectivity index (χ4n) is 0.740. The molecule has 0 aliphatic carbocycles. The fourth-order valence-corrected chi connectivity index (χ4v) is 0.740. The van der Waals surface area contributed by atoms with Crippen molar-refractivity contribution >= 4 is 0 Å². The second-order valence-electron chi connectivity index (χ2n) is 2.28. The van der Waals surface area contributed by atoms with E-state index in [1.807, 2.05) is 6.20 Å². The van der Waals surface area contributed by atoms with Gasteiger partial charge in [0.15, 0.2) is 0 Å². The summed E-state index contributed by atoms with van der Waals surface area (Å²) in [5, 5.41) is 0. The lowest BCUT2D eigenvalue weighted by Gasteiger charge is -2.01. The molecule has 0 aliphatic heterocycles. The highest BCUT2D eigenvalue weighted by Crippen LogP contribution is 2.12. The molecular weight excluding hydrogens is 112 g/mol. The number of nitrogens with one attached hydrogen (secondary N) is 1. The van der Waals surface area contributed by atoms with Crippen molar-refractivity contribution in [2.75, 3.05) is 0 Å². The normalized spacial score (nSPS) is 13.6. The summed E-state index contributed by atoms with van der Waals surface area (Å²) < 4.78 is 0. The van der Waals surface area contributed by atoms with Gasteiger partial charge in [-0.15, -0.1) is 0 Å². The fraction of sp³-hybridized carbons (Fsp3) is 0.571. The molecule has 1 N–H and O–H groups in total. The zero-order valence-electron chi connectivity index (χ0n) is 5.89. The predicted molar refractivity (Wildman–Crippen MR) is 37.3 cm³/mol. The summed E-state index contributed by atoms with van der Waals surface area (Å²) >= 11 is 0. The number of aromatic amines is 1. The van der Waals surface area contributed by atoms with E-state index in [0.29, 0.717) is 5.92 Å². The Bertz CT molecular complexity index is 155. The highest BCUT2D eigenvalue weighted by molar-refractivity contribution is 4.93. The van der Waals surface area contributed by atoms with E-state index in [2.05, 4.69) is 23.8 Å². The van der Waals surface area contributed by atoms with Crippen molar-refractivity contribution in [3.63, 3.8) is 0 Å². The molecule has 1 rings (SSSR count). The SMILES string of the molecule is CC[C@H](C)c1ncc[nH]1. The van der Waals surface area contributed by atoms with Gasteiger partial charge in [0.05, 0.1) is 0 Å². The van der Waals surface area contributed by atoms with Crippen LogP contribution < -0.4 is 0 Å². The van der Waals surface area contributed by atoms with Gasteiger partial charge in [-0.2, -0.15) is 0 Å². The summed E-state index contributed by atoms with van der Waals surface area (Å²) in [6.45, 7) is 4.33. The lowest BCUT2D eigenvalue weighted by molar-refractivity contribution is 0.689. The van der Waals surface area contributed by atoms with E-state index in [4.69, 9.17) is 0 Å². The average Bonchev–Trinajstić information content (AvgIpc) is 2.37. The molecule has 1 heterocycles. The number of hydrogen-bond donors (Lipinski definition) is 1. The molecule has 0 aliphatic rings. The van der Waals surface area contributed by atoms with Gasteiger partial charge in [0, 0.05) is 18.3 Å². The Hall–Kier alpha value is -0.790. The molecule has 0 unspecified atom stereocenters. The van der Waals surface area contributed by atoms with E-state index in [1.54, 1.807) is 6.20 Å². The van der Waals surface area contributed by atoms with E-state index in [-0.39, 0.29) is 0 Å². The van der Waals surface area contributed by atoms with E-state index < -0.39 is 0 Å². The van der Waals surface area contributed by atoms with Crippen molar-refractivity contribution in [3.8, 4) is 0 Å². The van der Waals surface area contributed by atoms with Gasteiger partial charge < -0.3 is 4.98 Å². The maximum absolute atomic E-state index is 4.13. The molecule has 50 valence electrons. The van der Waals surface area contributed by atoms with Gasteiger partial charge in [-0.05, 0) is 6.42 Å². The van der Waals surface area contributed by atoms with Gasteiger partial charge in [0.2, 0.25) is 0 Å². The summed E-state index contributed by atoms with van der Waals surface area (Å²) in [6, 6.07) is 0. The van der Waals surface area contributed by atoms with Crippen LogP contribution in [-0.2, 0) is 0 Å². The van der Waals surface area contributed by atoms with Crippen molar-refractivity contribution in [1.82, 2.24) is 9.97 Å². The number of hydrogen-bond acceptors (Lipinski definition) is 1. The molecule has 0 saturated carbocycles. The molecule has 0 radical (unpaired) electrons. The maximum Gasteiger partial charge on any atom is 0.108 e. The monoisotopic (exact) mass is 124 g/mol. The number of nitrogens with zero attached hydrogens (tertiary/aromatic N) is 1. The Morgan fingerprint density at radius 1 is 1.78 bits per heavy atom. The first-order chi connectivity index (χ1) is 4.34. The lowest BCUT2D eigenvalue weighted by atomic mass is 10.1. The molecular formula is C7H12N2. The molecule has 0 spiro atoms.